The average Bonchev–Trinajstić information content (AvgIpc) is 4.13. The molecule has 4 N–H and O–H groups in total. The Bertz CT molecular complexity index is 2980. The van der Waals surface area contributed by atoms with E-state index in [9.17, 15) is 24.3 Å². The van der Waals surface area contributed by atoms with E-state index in [1.54, 1.807) is 16.8 Å². The van der Waals surface area contributed by atoms with Crippen molar-refractivity contribution in [1.82, 2.24) is 35.3 Å². The van der Waals surface area contributed by atoms with Gasteiger partial charge < -0.3 is 40.2 Å². The lowest BCUT2D eigenvalue weighted by Gasteiger charge is -2.35. The van der Waals surface area contributed by atoms with E-state index < -0.39 is 41.5 Å². The van der Waals surface area contributed by atoms with Crippen molar-refractivity contribution in [3.8, 4) is 26.9 Å². The van der Waals surface area contributed by atoms with E-state index in [1.807, 2.05) is 112 Å². The third kappa shape index (κ3) is 12.4. The number of carbonyl (C=O) groups excluding carboxylic acids is 4. The first-order valence-electron chi connectivity index (χ1n) is 24.4. The molecule has 0 saturated carbocycles. The Hall–Kier alpha value is -6.80. The number of aryl methyl sites for hydroxylation is 3. The number of β-amino-alcohol motifs (C(OH)–C–C–N with tert-alkyl or cyclic N) is 1. The molecule has 6 aromatic rings. The largest absolute Gasteiger partial charge is 0.494 e. The number of carbonyl (C=O) groups is 4. The van der Waals surface area contributed by atoms with E-state index in [0.717, 1.165) is 59.8 Å². The molecule has 2 aliphatic heterocycles. The van der Waals surface area contributed by atoms with Crippen molar-refractivity contribution in [2.45, 2.75) is 105 Å². The van der Waals surface area contributed by atoms with E-state index >= 15 is 0 Å². The molecule has 0 aliphatic carbocycles. The third-order valence-corrected chi connectivity index (χ3v) is 15.0. The van der Waals surface area contributed by atoms with Crippen molar-refractivity contribution < 1.29 is 38.5 Å². The van der Waals surface area contributed by atoms with Gasteiger partial charge in [-0.3, -0.25) is 28.7 Å². The Morgan fingerprint density at radius 1 is 0.904 bits per heavy atom. The molecule has 73 heavy (non-hydrogen) atoms. The Morgan fingerprint density at radius 3 is 2.37 bits per heavy atom. The van der Waals surface area contributed by atoms with Gasteiger partial charge in [-0.25, -0.2) is 4.98 Å². The number of hydrogen-bond acceptors (Lipinski definition) is 14. The number of amides is 4. The second-order valence-electron chi connectivity index (χ2n) is 19.4. The zero-order chi connectivity index (χ0) is 52.0. The van der Waals surface area contributed by atoms with Crippen LogP contribution < -0.4 is 25.4 Å². The predicted octanol–water partition coefficient (Wildman–Crippen LogP) is 7.60. The summed E-state index contributed by atoms with van der Waals surface area (Å²) in [5.74, 6) is 1.25. The molecule has 384 valence electrons. The molecule has 0 bridgehead atoms. The maximum absolute atomic E-state index is 13.8. The van der Waals surface area contributed by atoms with Gasteiger partial charge in [0.25, 0.3) is 0 Å². The molecule has 8 rings (SSSR count). The molecule has 1 fully saturated rings. The standard InChI is InChI=1S/C54H63N9O8S2/c1-31-33(3)73-53-46(31)47(59-42(50-61-60-34(4)63(50)53)27-45(66)58-39-13-10-9-11-14-39)36-17-19-41(20-18-36)70-22-12-21-69-23-24-71-44-25-37(48-32(2)56-30-72-48)15-16-38(44)28-55-51(67)43-26-40(65)29-62(43)52(68)49(54(6,7)8)57-35(5)64/h9-11,13-20,25,30,40,42-43,49,65H,12,21-24,26-29H2,1-8H3,(H,55,67)(H,57,64)(H,58,66)/t40-,42+,43+,49-/m1/s1. The fourth-order valence-corrected chi connectivity index (χ4v) is 11.0. The highest BCUT2D eigenvalue weighted by molar-refractivity contribution is 7.15. The number of nitrogens with zero attached hydrogens (tertiary/aromatic N) is 6. The molecule has 1 saturated heterocycles. The molecule has 0 radical (unpaired) electrons. The van der Waals surface area contributed by atoms with Crippen molar-refractivity contribution in [2.24, 2.45) is 10.4 Å². The number of aliphatic hydroxyl groups is 1. The van der Waals surface area contributed by atoms with Crippen LogP contribution in [0.25, 0.3) is 15.4 Å². The molecule has 3 aromatic carbocycles. The summed E-state index contributed by atoms with van der Waals surface area (Å²) >= 11 is 3.19. The number of ether oxygens (including phenoxy) is 3. The van der Waals surface area contributed by atoms with Crippen LogP contribution in [0.15, 0.2) is 83.3 Å². The molecule has 3 aromatic heterocycles. The van der Waals surface area contributed by atoms with E-state index in [1.165, 1.54) is 23.2 Å². The van der Waals surface area contributed by atoms with Gasteiger partial charge in [-0.2, -0.15) is 0 Å². The number of thiophene rings is 1. The topological polar surface area (TPSA) is 211 Å². The highest BCUT2D eigenvalue weighted by atomic mass is 32.1. The Labute approximate surface area is 433 Å². The summed E-state index contributed by atoms with van der Waals surface area (Å²) in [6.45, 7) is 16.4. The lowest BCUT2D eigenvalue weighted by atomic mass is 9.85. The van der Waals surface area contributed by atoms with Crippen LogP contribution in [-0.2, 0) is 30.5 Å². The summed E-state index contributed by atoms with van der Waals surface area (Å²) in [6, 6.07) is 20.6. The first-order chi connectivity index (χ1) is 35.0. The van der Waals surface area contributed by atoms with Crippen LogP contribution in [0.5, 0.6) is 11.5 Å². The minimum atomic E-state index is -0.915. The number of nitrogens with one attached hydrogen (secondary N) is 3. The summed E-state index contributed by atoms with van der Waals surface area (Å²) in [7, 11) is 0. The first-order valence-corrected chi connectivity index (χ1v) is 26.1. The molecule has 4 amide bonds. The van der Waals surface area contributed by atoms with Crippen molar-refractivity contribution in [2.75, 3.05) is 38.3 Å². The van der Waals surface area contributed by atoms with Gasteiger partial charge in [0.1, 0.15) is 47.1 Å². The number of likely N-dealkylation sites (tertiary alicyclic amines) is 1. The molecule has 0 unspecified atom stereocenters. The van der Waals surface area contributed by atoms with Crippen molar-refractivity contribution in [3.05, 3.63) is 123 Å². The zero-order valence-corrected chi connectivity index (χ0v) is 44.1. The van der Waals surface area contributed by atoms with E-state index in [2.05, 4.69) is 45.0 Å². The van der Waals surface area contributed by atoms with Gasteiger partial charge in [-0.1, -0.05) is 51.1 Å². The number of aliphatic imine (C=N–C) groups is 1. The molecular weight excluding hydrogens is 967 g/mol. The van der Waals surface area contributed by atoms with Gasteiger partial charge in [-0.15, -0.1) is 32.9 Å². The van der Waals surface area contributed by atoms with Gasteiger partial charge >= 0.3 is 0 Å². The molecular formula is C54H63N9O8S2. The van der Waals surface area contributed by atoms with Crippen LogP contribution in [0.1, 0.15) is 97.5 Å². The van der Waals surface area contributed by atoms with Crippen LogP contribution in [-0.4, -0.2) is 110 Å². The minimum absolute atomic E-state index is 0.0131. The molecule has 4 atom stereocenters. The van der Waals surface area contributed by atoms with E-state index in [4.69, 9.17) is 19.2 Å². The fraction of sp³-hybridized carbons (Fsp3) is 0.407. The maximum Gasteiger partial charge on any atom is 0.246 e. The highest BCUT2D eigenvalue weighted by Gasteiger charge is 2.44. The molecule has 2 aliphatic rings. The summed E-state index contributed by atoms with van der Waals surface area (Å²) in [5.41, 5.74) is 8.20. The van der Waals surface area contributed by atoms with E-state index in [-0.39, 0.29) is 44.4 Å². The number of rotatable bonds is 19. The highest BCUT2D eigenvalue weighted by Crippen LogP contribution is 2.40. The Kier molecular flexibility index (Phi) is 16.5. The van der Waals surface area contributed by atoms with Gasteiger partial charge in [-0.05, 0) is 86.7 Å². The monoisotopic (exact) mass is 1030 g/mol. The van der Waals surface area contributed by atoms with E-state index in [0.29, 0.717) is 49.3 Å². The third-order valence-electron chi connectivity index (χ3n) is 12.8. The summed E-state index contributed by atoms with van der Waals surface area (Å²) in [6.07, 6.45) is -0.0895. The summed E-state index contributed by atoms with van der Waals surface area (Å²) in [5, 5.41) is 29.2. The van der Waals surface area contributed by atoms with Crippen LogP contribution in [0, 0.1) is 33.1 Å². The normalized spacial score (nSPS) is 16.7. The number of anilines is 1. The Morgan fingerprint density at radius 2 is 1.66 bits per heavy atom. The second kappa shape index (κ2) is 23.0. The molecule has 0 spiro atoms. The number of aliphatic hydroxyl groups excluding tert-OH is 1. The van der Waals surface area contributed by atoms with Crippen LogP contribution >= 0.6 is 22.7 Å². The fourth-order valence-electron chi connectivity index (χ4n) is 8.99. The summed E-state index contributed by atoms with van der Waals surface area (Å²) in [4.78, 5) is 66.1. The van der Waals surface area contributed by atoms with Gasteiger partial charge in [0.05, 0.1) is 47.5 Å². The predicted molar refractivity (Wildman–Crippen MR) is 282 cm³/mol. The van der Waals surface area contributed by atoms with Crippen molar-refractivity contribution >= 4 is 57.7 Å². The first kappa shape index (κ1) is 52.5. The number of fused-ring (bicyclic) bond motifs is 3. The average molecular weight is 1030 g/mol. The Balaban J connectivity index is 0.860. The zero-order valence-electron chi connectivity index (χ0n) is 42.5. The van der Waals surface area contributed by atoms with Gasteiger partial charge in [0.15, 0.2) is 5.82 Å². The SMILES string of the molecule is CC(=O)N[C@H](C(=O)N1C[C@H](O)C[C@H]1C(=O)NCc1ccc(-c2scnc2C)cc1OCCOCCCOc1ccc(C2=N[C@@H](CC(=O)Nc3ccccc3)c3nnc(C)n3-c3sc(C)c(C)c32)cc1)C(C)(C)C. The number of thiazole rings is 1. The molecule has 5 heterocycles. The quantitative estimate of drug-likeness (QED) is 0.0581. The van der Waals surface area contributed by atoms with Gasteiger partial charge in [0.2, 0.25) is 23.6 Å². The number of para-hydroxylation sites is 1. The second-order valence-corrected chi connectivity index (χ2v) is 21.5. The van der Waals surface area contributed by atoms with Crippen LogP contribution in [0.2, 0.25) is 0 Å². The molecule has 19 heteroatoms. The summed E-state index contributed by atoms with van der Waals surface area (Å²) < 4.78 is 20.4. The van der Waals surface area contributed by atoms with Gasteiger partial charge in [0, 0.05) is 66.7 Å². The number of benzene rings is 3. The number of hydrogen-bond donors (Lipinski definition) is 4. The lowest BCUT2D eigenvalue weighted by molar-refractivity contribution is -0.143. The van der Waals surface area contributed by atoms with Crippen molar-refractivity contribution in [1.29, 1.82) is 0 Å². The van der Waals surface area contributed by atoms with Crippen LogP contribution in [0.3, 0.4) is 0 Å². The number of aromatic nitrogens is 4. The van der Waals surface area contributed by atoms with Crippen molar-refractivity contribution in [3.63, 3.8) is 0 Å². The van der Waals surface area contributed by atoms with Crippen LogP contribution in [0.4, 0.5) is 5.69 Å². The molecule has 17 nitrogen and oxygen atoms in total. The minimum Gasteiger partial charge on any atom is -0.494 e. The maximum atomic E-state index is 13.8. The smallest absolute Gasteiger partial charge is 0.246 e. The lowest BCUT2D eigenvalue weighted by Crippen LogP contribution is -2.57.